The van der Waals surface area contributed by atoms with Crippen molar-refractivity contribution in [2.24, 2.45) is 5.10 Å². The summed E-state index contributed by atoms with van der Waals surface area (Å²) in [5.74, 6) is -0.0908. The number of hydrogen-bond donors (Lipinski definition) is 0. The molecule has 0 aliphatic carbocycles. The third kappa shape index (κ3) is 3.24. The van der Waals surface area contributed by atoms with Crippen LogP contribution in [0.2, 0.25) is 10.0 Å². The Balaban J connectivity index is 1.62. The molecule has 0 spiro atoms. The van der Waals surface area contributed by atoms with Crippen LogP contribution in [0.5, 0.6) is 5.75 Å². The molecule has 2 heterocycles. The molecule has 0 bridgehead atoms. The molecule has 0 radical (unpaired) electrons. The van der Waals surface area contributed by atoms with E-state index in [1.807, 2.05) is 11.1 Å². The van der Waals surface area contributed by atoms with E-state index in [4.69, 9.17) is 33.0 Å². The number of halogens is 4. The smallest absolute Gasteiger partial charge is 0.213 e. The lowest BCUT2D eigenvalue weighted by Crippen LogP contribution is -2.33. The summed E-state index contributed by atoms with van der Waals surface area (Å²) in [6.45, 7) is 0. The largest absolute Gasteiger partial charge is 0.463 e. The first kappa shape index (κ1) is 18.4. The van der Waals surface area contributed by atoms with Gasteiger partial charge in [0.1, 0.15) is 17.4 Å². The fraction of sp³-hybridized carbons (Fsp3) is 0.136. The minimum absolute atomic E-state index is 0.162. The van der Waals surface area contributed by atoms with E-state index in [2.05, 4.69) is 0 Å². The van der Waals surface area contributed by atoms with Gasteiger partial charge in [0, 0.05) is 22.6 Å². The molecule has 0 amide bonds. The van der Waals surface area contributed by atoms with Gasteiger partial charge in [0.15, 0.2) is 0 Å². The van der Waals surface area contributed by atoms with Gasteiger partial charge in [-0.05, 0) is 42.0 Å². The normalized spacial score (nSPS) is 20.0. The molecule has 0 fully saturated rings. The summed E-state index contributed by atoms with van der Waals surface area (Å²) in [7, 11) is 0. The van der Waals surface area contributed by atoms with E-state index >= 15 is 0 Å². The highest BCUT2D eigenvalue weighted by atomic mass is 35.5. The minimum Gasteiger partial charge on any atom is -0.463 e. The van der Waals surface area contributed by atoms with Crippen molar-refractivity contribution in [2.45, 2.75) is 18.7 Å². The predicted octanol–water partition coefficient (Wildman–Crippen LogP) is 6.51. The summed E-state index contributed by atoms with van der Waals surface area (Å²) < 4.78 is 33.0. The Morgan fingerprint density at radius 1 is 0.931 bits per heavy atom. The van der Waals surface area contributed by atoms with Crippen molar-refractivity contribution in [3.05, 3.63) is 99.0 Å². The van der Waals surface area contributed by atoms with Crippen LogP contribution >= 0.6 is 23.2 Å². The second kappa shape index (κ2) is 7.01. The second-order valence-electron chi connectivity index (χ2n) is 6.98. The molecule has 0 N–H and O–H groups in total. The molecular formula is C22H14Cl2F2N2O. The van der Waals surface area contributed by atoms with Crippen LogP contribution in [-0.4, -0.2) is 10.7 Å². The van der Waals surface area contributed by atoms with Gasteiger partial charge in [-0.15, -0.1) is 0 Å². The fourth-order valence-corrected chi connectivity index (χ4v) is 4.33. The van der Waals surface area contributed by atoms with Gasteiger partial charge in [-0.25, -0.2) is 13.8 Å². The lowest BCUT2D eigenvalue weighted by Gasteiger charge is -2.38. The molecule has 2 aliphatic rings. The maximum absolute atomic E-state index is 13.4. The van der Waals surface area contributed by atoms with Crippen LogP contribution in [0, 0.1) is 11.6 Å². The van der Waals surface area contributed by atoms with Gasteiger partial charge < -0.3 is 4.74 Å². The van der Waals surface area contributed by atoms with E-state index in [-0.39, 0.29) is 17.7 Å². The Hall–Kier alpha value is -2.63. The average Bonchev–Trinajstić information content (AvgIpc) is 3.14. The first-order chi connectivity index (χ1) is 14.0. The summed E-state index contributed by atoms with van der Waals surface area (Å²) in [5.41, 5.74) is 3.21. The van der Waals surface area contributed by atoms with Gasteiger partial charge in [-0.2, -0.15) is 5.10 Å². The SMILES string of the molecule is Fc1ccc(C2=NN3[C@H](C2)c2cc(Cl)cc(Cl)c2O[C@H]3c2ccc(F)cc2)cc1. The van der Waals surface area contributed by atoms with E-state index in [1.165, 1.54) is 24.3 Å². The second-order valence-corrected chi connectivity index (χ2v) is 7.82. The van der Waals surface area contributed by atoms with Crippen molar-refractivity contribution in [1.29, 1.82) is 0 Å². The highest BCUT2D eigenvalue weighted by Crippen LogP contribution is 2.50. The standard InChI is InChI=1S/C22H14Cl2F2N2O/c23-14-9-17-20-11-19(12-1-5-15(25)6-2-12)27-28(20)22(29-21(17)18(24)10-14)13-3-7-16(26)8-4-13/h1-10,20,22H,11H2/t20-,22+/m1/s1. The van der Waals surface area contributed by atoms with Crippen LogP contribution in [0.3, 0.4) is 0 Å². The van der Waals surface area contributed by atoms with E-state index in [9.17, 15) is 8.78 Å². The minimum atomic E-state index is -0.579. The number of hydrogen-bond acceptors (Lipinski definition) is 3. The first-order valence-electron chi connectivity index (χ1n) is 9.02. The Bertz CT molecular complexity index is 1120. The highest BCUT2D eigenvalue weighted by Gasteiger charge is 2.42. The molecule has 0 unspecified atom stereocenters. The van der Waals surface area contributed by atoms with Gasteiger partial charge >= 0.3 is 0 Å². The molecule has 0 aromatic heterocycles. The van der Waals surface area contributed by atoms with Gasteiger partial charge in [0.25, 0.3) is 0 Å². The number of benzene rings is 3. The number of fused-ring (bicyclic) bond motifs is 3. The van der Waals surface area contributed by atoms with Crippen LogP contribution in [0.1, 0.15) is 35.4 Å². The zero-order chi connectivity index (χ0) is 20.1. The molecule has 2 aliphatic heterocycles. The van der Waals surface area contributed by atoms with Gasteiger partial charge in [-0.1, -0.05) is 47.5 Å². The lowest BCUT2D eigenvalue weighted by atomic mass is 9.96. The van der Waals surface area contributed by atoms with Gasteiger partial charge in [-0.3, -0.25) is 0 Å². The topological polar surface area (TPSA) is 24.8 Å². The number of rotatable bonds is 2. The predicted molar refractivity (Wildman–Crippen MR) is 108 cm³/mol. The fourth-order valence-electron chi connectivity index (χ4n) is 3.78. The first-order valence-corrected chi connectivity index (χ1v) is 9.78. The molecule has 2 atom stereocenters. The number of ether oxygens (including phenoxy) is 1. The number of nitrogens with zero attached hydrogens (tertiary/aromatic N) is 2. The summed E-state index contributed by atoms with van der Waals surface area (Å²) in [5, 5.41) is 7.52. The summed E-state index contributed by atoms with van der Waals surface area (Å²) in [6.07, 6.45) is 0.000761. The van der Waals surface area contributed by atoms with Crippen LogP contribution < -0.4 is 4.74 Å². The molecule has 3 aromatic carbocycles. The monoisotopic (exact) mass is 430 g/mol. The third-order valence-corrected chi connectivity index (χ3v) is 5.64. The maximum atomic E-state index is 13.4. The molecule has 29 heavy (non-hydrogen) atoms. The Kier molecular flexibility index (Phi) is 4.45. The number of hydrazone groups is 1. The van der Waals surface area contributed by atoms with Crippen LogP contribution in [0.15, 0.2) is 65.8 Å². The highest BCUT2D eigenvalue weighted by molar-refractivity contribution is 6.35. The third-order valence-electron chi connectivity index (χ3n) is 5.14. The van der Waals surface area contributed by atoms with E-state index in [1.54, 1.807) is 30.3 Å². The molecule has 0 saturated carbocycles. The molecule has 3 aromatic rings. The molecule has 146 valence electrons. The average molecular weight is 431 g/mol. The summed E-state index contributed by atoms with van der Waals surface area (Å²) >= 11 is 12.7. The van der Waals surface area contributed by atoms with E-state index < -0.39 is 6.23 Å². The lowest BCUT2D eigenvalue weighted by molar-refractivity contribution is -0.0189. The zero-order valence-corrected chi connectivity index (χ0v) is 16.5. The van der Waals surface area contributed by atoms with Crippen LogP contribution in [-0.2, 0) is 0 Å². The Morgan fingerprint density at radius 2 is 1.59 bits per heavy atom. The van der Waals surface area contributed by atoms with Gasteiger partial charge in [0.2, 0.25) is 6.23 Å². The van der Waals surface area contributed by atoms with Crippen molar-refractivity contribution in [2.75, 3.05) is 0 Å². The van der Waals surface area contributed by atoms with Crippen molar-refractivity contribution in [3.8, 4) is 5.75 Å². The maximum Gasteiger partial charge on any atom is 0.213 e. The van der Waals surface area contributed by atoms with Crippen LogP contribution in [0.25, 0.3) is 0 Å². The molecular weight excluding hydrogens is 417 g/mol. The Morgan fingerprint density at radius 3 is 2.28 bits per heavy atom. The van der Waals surface area contributed by atoms with E-state index in [0.717, 1.165) is 22.4 Å². The molecule has 3 nitrogen and oxygen atoms in total. The van der Waals surface area contributed by atoms with Crippen molar-refractivity contribution in [3.63, 3.8) is 0 Å². The van der Waals surface area contributed by atoms with Crippen molar-refractivity contribution >= 4 is 28.9 Å². The zero-order valence-electron chi connectivity index (χ0n) is 14.9. The molecule has 7 heteroatoms. The quantitative estimate of drug-likeness (QED) is 0.462. The summed E-state index contributed by atoms with van der Waals surface area (Å²) in [6, 6.07) is 15.6. The summed E-state index contributed by atoms with van der Waals surface area (Å²) in [4.78, 5) is 0. The molecule has 5 rings (SSSR count). The van der Waals surface area contributed by atoms with E-state index in [0.29, 0.717) is 22.2 Å². The van der Waals surface area contributed by atoms with Crippen LogP contribution in [0.4, 0.5) is 8.78 Å². The van der Waals surface area contributed by atoms with Crippen molar-refractivity contribution in [1.82, 2.24) is 5.01 Å². The van der Waals surface area contributed by atoms with Gasteiger partial charge in [0.05, 0.1) is 16.8 Å². The Labute approximate surface area is 176 Å². The van der Waals surface area contributed by atoms with Crippen molar-refractivity contribution < 1.29 is 13.5 Å². The molecule has 0 saturated heterocycles.